The van der Waals surface area contributed by atoms with Crippen molar-refractivity contribution in [1.82, 2.24) is 5.32 Å². The molecule has 0 saturated carbocycles. The van der Waals surface area contributed by atoms with Gasteiger partial charge in [0.05, 0.1) is 5.56 Å². The summed E-state index contributed by atoms with van der Waals surface area (Å²) < 4.78 is 49.1. The molecule has 2 aromatic carbocycles. The van der Waals surface area contributed by atoms with Crippen LogP contribution in [0.3, 0.4) is 0 Å². The van der Waals surface area contributed by atoms with Gasteiger partial charge in [0.25, 0.3) is 5.91 Å². The molecule has 0 saturated heterocycles. The van der Waals surface area contributed by atoms with Gasteiger partial charge in [-0.2, -0.15) is 18.4 Å². The number of carbonyl (C=O) groups is 1. The Labute approximate surface area is 176 Å². The molecule has 5 nitrogen and oxygen atoms in total. The summed E-state index contributed by atoms with van der Waals surface area (Å²) in [6.07, 6.45) is -3.18. The van der Waals surface area contributed by atoms with Gasteiger partial charge in [0.15, 0.2) is 0 Å². The molecule has 3 rings (SSSR count). The largest absolute Gasteiger partial charge is 0.486 e. The number of hydrogen-bond acceptors (Lipinski definition) is 4. The molecule has 31 heavy (non-hydrogen) atoms. The van der Waals surface area contributed by atoms with E-state index in [1.807, 2.05) is 36.4 Å². The Morgan fingerprint density at radius 3 is 2.58 bits per heavy atom. The van der Waals surface area contributed by atoms with Crippen LogP contribution >= 0.6 is 0 Å². The highest BCUT2D eigenvalue weighted by Gasteiger charge is 2.30. The minimum atomic E-state index is -4.46. The van der Waals surface area contributed by atoms with Crippen LogP contribution in [-0.4, -0.2) is 5.91 Å². The zero-order valence-corrected chi connectivity index (χ0v) is 16.1. The summed E-state index contributed by atoms with van der Waals surface area (Å²) in [5.41, 5.74) is -0.0657. The Morgan fingerprint density at radius 2 is 1.87 bits per heavy atom. The lowest BCUT2D eigenvalue weighted by molar-refractivity contribution is -0.137. The zero-order valence-electron chi connectivity index (χ0n) is 16.1. The third-order valence-corrected chi connectivity index (χ3v) is 4.17. The van der Waals surface area contributed by atoms with E-state index in [1.54, 1.807) is 6.07 Å². The van der Waals surface area contributed by atoms with Crippen LogP contribution in [0, 0.1) is 11.3 Å². The minimum absolute atomic E-state index is 0.0429. The lowest BCUT2D eigenvalue weighted by Crippen LogP contribution is -2.23. The number of furan rings is 1. The van der Waals surface area contributed by atoms with Crippen LogP contribution < -0.4 is 10.1 Å². The Kier molecular flexibility index (Phi) is 6.78. The maximum absolute atomic E-state index is 12.8. The summed E-state index contributed by atoms with van der Waals surface area (Å²) in [6.45, 7) is 0.157. The number of amides is 1. The molecular weight excluding hydrogens is 409 g/mol. The van der Waals surface area contributed by atoms with Crippen molar-refractivity contribution in [2.24, 2.45) is 0 Å². The minimum Gasteiger partial charge on any atom is -0.486 e. The number of ether oxygens (including phenoxy) is 1. The van der Waals surface area contributed by atoms with E-state index in [4.69, 9.17) is 9.15 Å². The van der Waals surface area contributed by atoms with Crippen molar-refractivity contribution in [3.05, 3.63) is 95.0 Å². The second kappa shape index (κ2) is 9.67. The van der Waals surface area contributed by atoms with Gasteiger partial charge in [-0.1, -0.05) is 36.4 Å². The lowest BCUT2D eigenvalue weighted by Gasteiger charge is -2.09. The normalized spacial score (nSPS) is 11.6. The molecule has 1 amide bonds. The summed E-state index contributed by atoms with van der Waals surface area (Å²) in [4.78, 5) is 12.2. The molecule has 0 fully saturated rings. The molecule has 0 atom stereocenters. The van der Waals surface area contributed by atoms with Crippen LogP contribution in [0.5, 0.6) is 5.75 Å². The van der Waals surface area contributed by atoms with Crippen LogP contribution in [0.15, 0.2) is 76.7 Å². The van der Waals surface area contributed by atoms with Crippen LogP contribution in [0.1, 0.15) is 22.6 Å². The molecule has 0 spiro atoms. The smallest absolute Gasteiger partial charge is 0.416 e. The number of alkyl halides is 3. The standard InChI is InChI=1S/C23H17F3N2O3/c24-23(25,26)18-7-4-8-19(12-18)30-15-21-10-9-20(31-21)11-17(13-27)22(29)28-14-16-5-2-1-3-6-16/h1-12H,14-15H2,(H,28,29). The van der Waals surface area contributed by atoms with Crippen molar-refractivity contribution >= 4 is 12.0 Å². The molecule has 1 heterocycles. The van der Waals surface area contributed by atoms with Gasteiger partial charge in [-0.25, -0.2) is 0 Å². The van der Waals surface area contributed by atoms with Crippen LogP contribution in [0.4, 0.5) is 13.2 Å². The molecule has 3 aromatic rings. The molecule has 0 bridgehead atoms. The predicted molar refractivity (Wildman–Crippen MR) is 106 cm³/mol. The number of benzene rings is 2. The van der Waals surface area contributed by atoms with Gasteiger partial charge in [-0.05, 0) is 35.9 Å². The second-order valence-corrected chi connectivity index (χ2v) is 6.46. The van der Waals surface area contributed by atoms with Crippen LogP contribution in [-0.2, 0) is 24.1 Å². The number of nitrogens with one attached hydrogen (secondary N) is 1. The van der Waals surface area contributed by atoms with E-state index in [9.17, 15) is 23.2 Å². The van der Waals surface area contributed by atoms with Gasteiger partial charge in [0.1, 0.15) is 35.5 Å². The van der Waals surface area contributed by atoms with Crippen molar-refractivity contribution < 1.29 is 27.1 Å². The Hall–Kier alpha value is -3.99. The van der Waals surface area contributed by atoms with Gasteiger partial charge in [-0.3, -0.25) is 4.79 Å². The van der Waals surface area contributed by atoms with Crippen molar-refractivity contribution in [2.75, 3.05) is 0 Å². The molecule has 158 valence electrons. The lowest BCUT2D eigenvalue weighted by atomic mass is 10.2. The molecular formula is C23H17F3N2O3. The maximum Gasteiger partial charge on any atom is 0.416 e. The first-order valence-electron chi connectivity index (χ1n) is 9.18. The van der Waals surface area contributed by atoms with Gasteiger partial charge in [0.2, 0.25) is 0 Å². The number of hydrogen-bond donors (Lipinski definition) is 1. The first-order valence-corrected chi connectivity index (χ1v) is 9.18. The summed E-state index contributed by atoms with van der Waals surface area (Å²) in [6, 6.07) is 18.7. The van der Waals surface area contributed by atoms with Gasteiger partial charge < -0.3 is 14.5 Å². The van der Waals surface area contributed by atoms with E-state index in [-0.39, 0.29) is 30.2 Å². The molecule has 1 aromatic heterocycles. The maximum atomic E-state index is 12.8. The Morgan fingerprint density at radius 1 is 1.10 bits per heavy atom. The fraction of sp³-hybridized carbons (Fsp3) is 0.130. The van der Waals surface area contributed by atoms with Crippen molar-refractivity contribution in [2.45, 2.75) is 19.3 Å². The molecule has 1 N–H and O–H groups in total. The van der Waals surface area contributed by atoms with Crippen LogP contribution in [0.25, 0.3) is 6.08 Å². The fourth-order valence-corrected chi connectivity index (χ4v) is 2.63. The highest BCUT2D eigenvalue weighted by Crippen LogP contribution is 2.31. The monoisotopic (exact) mass is 426 g/mol. The number of rotatable bonds is 7. The van der Waals surface area contributed by atoms with Gasteiger partial charge in [0, 0.05) is 12.6 Å². The Bertz CT molecular complexity index is 1110. The van der Waals surface area contributed by atoms with E-state index in [0.29, 0.717) is 5.76 Å². The van der Waals surface area contributed by atoms with Gasteiger partial charge >= 0.3 is 6.18 Å². The average Bonchev–Trinajstić information content (AvgIpc) is 3.22. The quantitative estimate of drug-likeness (QED) is 0.421. The first kappa shape index (κ1) is 21.7. The van der Waals surface area contributed by atoms with E-state index in [2.05, 4.69) is 5.32 Å². The molecule has 8 heteroatoms. The number of halogens is 3. The molecule has 0 aliphatic carbocycles. The highest BCUT2D eigenvalue weighted by atomic mass is 19.4. The number of nitrogens with zero attached hydrogens (tertiary/aromatic N) is 1. The fourth-order valence-electron chi connectivity index (χ4n) is 2.63. The first-order chi connectivity index (χ1) is 14.8. The van der Waals surface area contributed by atoms with E-state index in [1.165, 1.54) is 24.3 Å². The SMILES string of the molecule is N#CC(=Cc1ccc(COc2cccc(C(F)(F)F)c2)o1)C(=O)NCc1ccccc1. The summed E-state index contributed by atoms with van der Waals surface area (Å²) in [5.74, 6) is 0.0607. The molecule has 0 aliphatic heterocycles. The molecule has 0 unspecified atom stereocenters. The van der Waals surface area contributed by atoms with E-state index >= 15 is 0 Å². The van der Waals surface area contributed by atoms with Crippen molar-refractivity contribution in [1.29, 1.82) is 5.26 Å². The third-order valence-electron chi connectivity index (χ3n) is 4.17. The van der Waals surface area contributed by atoms with Crippen molar-refractivity contribution in [3.63, 3.8) is 0 Å². The van der Waals surface area contributed by atoms with E-state index in [0.717, 1.165) is 17.7 Å². The molecule has 0 radical (unpaired) electrons. The average molecular weight is 426 g/mol. The third kappa shape index (κ3) is 6.24. The summed E-state index contributed by atoms with van der Waals surface area (Å²) in [7, 11) is 0. The zero-order chi connectivity index (χ0) is 22.3. The summed E-state index contributed by atoms with van der Waals surface area (Å²) in [5, 5.41) is 11.9. The highest BCUT2D eigenvalue weighted by molar-refractivity contribution is 6.01. The predicted octanol–water partition coefficient (Wildman–Crippen LogP) is 5.10. The van der Waals surface area contributed by atoms with E-state index < -0.39 is 17.6 Å². The summed E-state index contributed by atoms with van der Waals surface area (Å²) >= 11 is 0. The molecule has 0 aliphatic rings. The second-order valence-electron chi connectivity index (χ2n) is 6.46. The Balaban J connectivity index is 1.60. The van der Waals surface area contributed by atoms with Gasteiger partial charge in [-0.15, -0.1) is 0 Å². The van der Waals surface area contributed by atoms with Crippen molar-refractivity contribution in [3.8, 4) is 11.8 Å². The number of nitriles is 1. The number of carbonyl (C=O) groups excluding carboxylic acids is 1. The topological polar surface area (TPSA) is 75.3 Å². The van der Waals surface area contributed by atoms with Crippen LogP contribution in [0.2, 0.25) is 0 Å².